The molecule has 1 aliphatic heterocycles. The number of piperidine rings is 1. The van der Waals surface area contributed by atoms with Crippen LogP contribution in [-0.2, 0) is 11.2 Å². The molecule has 1 aliphatic rings. The first kappa shape index (κ1) is 16.1. The molecule has 3 rings (SSSR count). The van der Waals surface area contributed by atoms with Crippen molar-refractivity contribution in [2.45, 2.75) is 32.2 Å². The zero-order valence-electron chi connectivity index (χ0n) is 13.3. The van der Waals surface area contributed by atoms with Crippen LogP contribution in [0.4, 0.5) is 0 Å². The molecule has 0 amide bonds. The third-order valence-corrected chi connectivity index (χ3v) is 5.77. The van der Waals surface area contributed by atoms with Gasteiger partial charge in [0.2, 0.25) is 0 Å². The van der Waals surface area contributed by atoms with E-state index in [0.29, 0.717) is 6.04 Å². The molecule has 4 nitrogen and oxygen atoms in total. The lowest BCUT2D eigenvalue weighted by Gasteiger charge is -2.36. The van der Waals surface area contributed by atoms with Gasteiger partial charge in [-0.2, -0.15) is 0 Å². The number of nitrogens with zero attached hydrogens (tertiary/aromatic N) is 2. The third kappa shape index (κ3) is 3.79. The van der Waals surface area contributed by atoms with Crippen LogP contribution in [0.25, 0.3) is 0 Å². The summed E-state index contributed by atoms with van der Waals surface area (Å²) in [6.45, 7) is 3.83. The number of aliphatic carboxylic acids is 1. The van der Waals surface area contributed by atoms with E-state index in [4.69, 9.17) is 0 Å². The van der Waals surface area contributed by atoms with Gasteiger partial charge in [-0.15, -0.1) is 11.3 Å². The molecule has 1 saturated heterocycles. The quantitative estimate of drug-likeness (QED) is 0.911. The van der Waals surface area contributed by atoms with Crippen molar-refractivity contribution in [3.8, 4) is 0 Å². The molecule has 0 saturated carbocycles. The fourth-order valence-electron chi connectivity index (χ4n) is 3.29. The second-order valence-electron chi connectivity index (χ2n) is 6.16. The first-order valence-electron chi connectivity index (χ1n) is 8.06. The number of likely N-dealkylation sites (tertiary alicyclic amines) is 1. The minimum atomic E-state index is -0.654. The molecule has 1 atom stereocenters. The first-order chi connectivity index (χ1) is 11.1. The van der Waals surface area contributed by atoms with Crippen LogP contribution < -0.4 is 0 Å². The fourth-order valence-corrected chi connectivity index (χ4v) is 4.35. The third-order valence-electron chi connectivity index (χ3n) is 4.65. The number of aryl methyl sites for hydroxylation is 1. The SMILES string of the molecule is Cc1ccsc1C(Cc1ccccn1)N1CCC(C(=O)O)CC1. The van der Waals surface area contributed by atoms with Crippen molar-refractivity contribution >= 4 is 17.3 Å². The molecule has 23 heavy (non-hydrogen) atoms. The van der Waals surface area contributed by atoms with E-state index < -0.39 is 5.97 Å². The summed E-state index contributed by atoms with van der Waals surface area (Å²) in [4.78, 5) is 19.5. The second kappa shape index (κ2) is 7.23. The lowest BCUT2D eigenvalue weighted by molar-refractivity contribution is -0.143. The molecule has 1 unspecified atom stereocenters. The Hall–Kier alpha value is -1.72. The summed E-state index contributed by atoms with van der Waals surface area (Å²) in [5.41, 5.74) is 2.40. The van der Waals surface area contributed by atoms with E-state index >= 15 is 0 Å². The Morgan fingerprint density at radius 2 is 2.17 bits per heavy atom. The zero-order valence-corrected chi connectivity index (χ0v) is 14.1. The van der Waals surface area contributed by atoms with Gasteiger partial charge in [0.05, 0.1) is 5.92 Å². The summed E-state index contributed by atoms with van der Waals surface area (Å²) in [6, 6.07) is 8.49. The highest BCUT2D eigenvalue weighted by Crippen LogP contribution is 2.34. The van der Waals surface area contributed by atoms with Gasteiger partial charge in [0, 0.05) is 29.2 Å². The van der Waals surface area contributed by atoms with Gasteiger partial charge in [-0.25, -0.2) is 0 Å². The van der Waals surface area contributed by atoms with Gasteiger partial charge in [0.15, 0.2) is 0 Å². The lowest BCUT2D eigenvalue weighted by Crippen LogP contribution is -2.39. The van der Waals surface area contributed by atoms with Gasteiger partial charge in [-0.05, 0) is 62.0 Å². The van der Waals surface area contributed by atoms with Crippen molar-refractivity contribution in [3.63, 3.8) is 0 Å². The largest absolute Gasteiger partial charge is 0.481 e. The topological polar surface area (TPSA) is 53.4 Å². The van der Waals surface area contributed by atoms with E-state index in [1.54, 1.807) is 11.3 Å². The van der Waals surface area contributed by atoms with E-state index in [2.05, 4.69) is 34.3 Å². The van der Waals surface area contributed by atoms with E-state index in [0.717, 1.165) is 38.0 Å². The highest BCUT2D eigenvalue weighted by molar-refractivity contribution is 7.10. The number of hydrogen-bond acceptors (Lipinski definition) is 4. The average Bonchev–Trinajstić information content (AvgIpc) is 2.99. The molecule has 1 fully saturated rings. The Kier molecular flexibility index (Phi) is 5.08. The van der Waals surface area contributed by atoms with Crippen LogP contribution in [0.2, 0.25) is 0 Å². The van der Waals surface area contributed by atoms with Crippen molar-refractivity contribution in [2.24, 2.45) is 5.92 Å². The molecule has 122 valence electrons. The maximum Gasteiger partial charge on any atom is 0.306 e. The number of carbonyl (C=O) groups is 1. The number of carboxylic acids is 1. The Morgan fingerprint density at radius 1 is 1.39 bits per heavy atom. The second-order valence-corrected chi connectivity index (χ2v) is 7.11. The van der Waals surface area contributed by atoms with Crippen LogP contribution in [0.3, 0.4) is 0 Å². The first-order valence-corrected chi connectivity index (χ1v) is 8.94. The minimum Gasteiger partial charge on any atom is -0.481 e. The van der Waals surface area contributed by atoms with Crippen molar-refractivity contribution in [3.05, 3.63) is 52.0 Å². The minimum absolute atomic E-state index is 0.189. The van der Waals surface area contributed by atoms with Crippen molar-refractivity contribution < 1.29 is 9.90 Å². The van der Waals surface area contributed by atoms with Gasteiger partial charge < -0.3 is 5.11 Å². The van der Waals surface area contributed by atoms with Crippen LogP contribution in [0, 0.1) is 12.8 Å². The van der Waals surface area contributed by atoms with E-state index in [1.165, 1.54) is 10.4 Å². The molecule has 0 radical (unpaired) electrons. The van der Waals surface area contributed by atoms with E-state index in [1.807, 2.05) is 18.3 Å². The molecule has 3 heterocycles. The number of thiophene rings is 1. The number of rotatable bonds is 5. The molecular formula is C18H22N2O2S. The van der Waals surface area contributed by atoms with E-state index in [9.17, 15) is 9.90 Å². The summed E-state index contributed by atoms with van der Waals surface area (Å²) < 4.78 is 0. The maximum atomic E-state index is 11.2. The Bertz CT molecular complexity index is 648. The lowest BCUT2D eigenvalue weighted by atomic mass is 9.94. The van der Waals surface area contributed by atoms with Crippen molar-refractivity contribution in [2.75, 3.05) is 13.1 Å². The van der Waals surface area contributed by atoms with Gasteiger partial charge >= 0.3 is 5.97 Å². The molecule has 2 aromatic rings. The average molecular weight is 330 g/mol. The molecular weight excluding hydrogens is 308 g/mol. The number of pyridine rings is 1. The molecule has 0 bridgehead atoms. The molecule has 1 N–H and O–H groups in total. The predicted octanol–water partition coefficient (Wildman–Crippen LogP) is 3.53. The highest BCUT2D eigenvalue weighted by Gasteiger charge is 2.30. The van der Waals surface area contributed by atoms with Gasteiger partial charge in [-0.3, -0.25) is 14.7 Å². The summed E-state index contributed by atoms with van der Waals surface area (Å²) in [7, 11) is 0. The Labute approximate surface area is 140 Å². The zero-order chi connectivity index (χ0) is 16.2. The smallest absolute Gasteiger partial charge is 0.306 e. The number of aromatic nitrogens is 1. The monoisotopic (exact) mass is 330 g/mol. The fraction of sp³-hybridized carbons (Fsp3) is 0.444. The van der Waals surface area contributed by atoms with Gasteiger partial charge in [0.1, 0.15) is 0 Å². The van der Waals surface area contributed by atoms with Gasteiger partial charge in [0.25, 0.3) is 0 Å². The molecule has 2 aromatic heterocycles. The van der Waals surface area contributed by atoms with Crippen LogP contribution in [0.5, 0.6) is 0 Å². The summed E-state index contributed by atoms with van der Waals surface area (Å²) in [6.07, 6.45) is 4.18. The van der Waals surface area contributed by atoms with Gasteiger partial charge in [-0.1, -0.05) is 6.07 Å². The van der Waals surface area contributed by atoms with Crippen LogP contribution in [-0.4, -0.2) is 34.0 Å². The molecule has 0 spiro atoms. The maximum absolute atomic E-state index is 11.2. The van der Waals surface area contributed by atoms with Crippen molar-refractivity contribution in [1.29, 1.82) is 0 Å². The van der Waals surface area contributed by atoms with Crippen molar-refractivity contribution in [1.82, 2.24) is 9.88 Å². The Morgan fingerprint density at radius 3 is 2.74 bits per heavy atom. The standard InChI is InChI=1S/C18H22N2O2S/c1-13-7-11-23-17(13)16(12-15-4-2-3-8-19-15)20-9-5-14(6-10-20)18(21)22/h2-4,7-8,11,14,16H,5-6,9-10,12H2,1H3,(H,21,22). The normalized spacial score (nSPS) is 18.0. The number of carboxylic acid groups (broad SMARTS) is 1. The van der Waals surface area contributed by atoms with Crippen LogP contribution in [0.15, 0.2) is 35.8 Å². The number of hydrogen-bond donors (Lipinski definition) is 1. The van der Waals surface area contributed by atoms with E-state index in [-0.39, 0.29) is 5.92 Å². The highest BCUT2D eigenvalue weighted by atomic mass is 32.1. The molecule has 0 aliphatic carbocycles. The predicted molar refractivity (Wildman–Crippen MR) is 91.7 cm³/mol. The molecule has 5 heteroatoms. The Balaban J connectivity index is 1.79. The van der Waals surface area contributed by atoms with Crippen LogP contribution in [0.1, 0.15) is 35.0 Å². The summed E-state index contributed by atoms with van der Waals surface area (Å²) in [5.74, 6) is -0.843. The molecule has 0 aromatic carbocycles. The summed E-state index contributed by atoms with van der Waals surface area (Å²) >= 11 is 1.79. The summed E-state index contributed by atoms with van der Waals surface area (Å²) in [5, 5.41) is 11.3. The van der Waals surface area contributed by atoms with Crippen LogP contribution >= 0.6 is 11.3 Å².